The number of nitrogens with one attached hydrogen (secondary N) is 1. The fraction of sp³-hybridized carbons (Fsp3) is 0.650. The summed E-state index contributed by atoms with van der Waals surface area (Å²) in [7, 11) is 0. The van der Waals surface area contributed by atoms with Crippen molar-refractivity contribution < 1.29 is 4.79 Å². The van der Waals surface area contributed by atoms with Gasteiger partial charge in [0.25, 0.3) is 5.91 Å². The number of nitrogens with zero attached hydrogens (tertiary/aromatic N) is 1. The molecule has 1 aromatic rings. The lowest BCUT2D eigenvalue weighted by Crippen LogP contribution is -2.37. The molecule has 0 atom stereocenters. The lowest BCUT2D eigenvalue weighted by atomic mass is 9.87. The number of carbonyl (C=O) groups excluding carboxylic acids is 1. The Balaban J connectivity index is 1.50. The molecule has 0 spiro atoms. The van der Waals surface area contributed by atoms with Crippen LogP contribution in [0.2, 0.25) is 0 Å². The quantitative estimate of drug-likeness (QED) is 0.911. The minimum Gasteiger partial charge on any atom is -0.349 e. The number of hydrogen-bond donors (Lipinski definition) is 1. The zero-order chi connectivity index (χ0) is 16.1. The highest BCUT2D eigenvalue weighted by Crippen LogP contribution is 2.23. The Labute approximate surface area is 140 Å². The molecule has 2 aliphatic rings. The predicted octanol–water partition coefficient (Wildman–Crippen LogP) is 3.98. The van der Waals surface area contributed by atoms with Crippen LogP contribution >= 0.6 is 0 Å². The molecule has 1 aromatic carbocycles. The highest BCUT2D eigenvalue weighted by atomic mass is 16.1. The van der Waals surface area contributed by atoms with E-state index < -0.39 is 0 Å². The first-order chi connectivity index (χ1) is 11.2. The van der Waals surface area contributed by atoms with Gasteiger partial charge in [-0.2, -0.15) is 0 Å². The normalized spacial score (nSPS) is 26.0. The van der Waals surface area contributed by atoms with Gasteiger partial charge in [-0.1, -0.05) is 25.5 Å². The smallest absolute Gasteiger partial charge is 0.251 e. The summed E-state index contributed by atoms with van der Waals surface area (Å²) in [6.07, 6.45) is 8.73. The Bertz CT molecular complexity index is 497. The molecule has 0 bridgehead atoms. The van der Waals surface area contributed by atoms with Crippen LogP contribution in [0.15, 0.2) is 24.3 Å². The van der Waals surface area contributed by atoms with Crippen LogP contribution in [0.3, 0.4) is 0 Å². The highest BCUT2D eigenvalue weighted by molar-refractivity contribution is 5.94. The van der Waals surface area contributed by atoms with Gasteiger partial charge in [-0.25, -0.2) is 0 Å². The van der Waals surface area contributed by atoms with Crippen molar-refractivity contribution in [2.75, 3.05) is 13.1 Å². The van der Waals surface area contributed by atoms with Crippen LogP contribution in [0.4, 0.5) is 0 Å². The summed E-state index contributed by atoms with van der Waals surface area (Å²) < 4.78 is 0. The number of piperidine rings is 1. The molecule has 23 heavy (non-hydrogen) atoms. The fourth-order valence-electron chi connectivity index (χ4n) is 3.81. The maximum absolute atomic E-state index is 12.4. The van der Waals surface area contributed by atoms with Crippen LogP contribution in [-0.2, 0) is 6.54 Å². The van der Waals surface area contributed by atoms with Crippen molar-refractivity contribution in [1.29, 1.82) is 0 Å². The molecule has 3 nitrogen and oxygen atoms in total. The van der Waals surface area contributed by atoms with Gasteiger partial charge in [-0.05, 0) is 75.2 Å². The van der Waals surface area contributed by atoms with Crippen molar-refractivity contribution in [3.63, 3.8) is 0 Å². The van der Waals surface area contributed by atoms with E-state index in [0.717, 1.165) is 30.9 Å². The molecule has 1 aliphatic carbocycles. The second-order valence-corrected chi connectivity index (χ2v) is 7.46. The minimum atomic E-state index is 0.0917. The van der Waals surface area contributed by atoms with E-state index in [-0.39, 0.29) is 5.91 Å². The van der Waals surface area contributed by atoms with Crippen LogP contribution in [0, 0.1) is 5.92 Å². The third kappa shape index (κ3) is 4.81. The van der Waals surface area contributed by atoms with E-state index in [2.05, 4.69) is 29.3 Å². The first-order valence-electron chi connectivity index (χ1n) is 9.33. The molecular formula is C20H30N2O. The van der Waals surface area contributed by atoms with Gasteiger partial charge in [0.15, 0.2) is 0 Å². The van der Waals surface area contributed by atoms with Crippen LogP contribution in [-0.4, -0.2) is 29.9 Å². The Hall–Kier alpha value is -1.35. The average molecular weight is 314 g/mol. The summed E-state index contributed by atoms with van der Waals surface area (Å²) in [5, 5.41) is 3.21. The lowest BCUT2D eigenvalue weighted by molar-refractivity contribution is 0.0923. The summed E-state index contributed by atoms with van der Waals surface area (Å²) in [4.78, 5) is 14.9. The number of hydrogen-bond acceptors (Lipinski definition) is 2. The van der Waals surface area contributed by atoms with Gasteiger partial charge in [0.2, 0.25) is 0 Å². The molecule has 3 rings (SSSR count). The van der Waals surface area contributed by atoms with Crippen LogP contribution in [0.25, 0.3) is 0 Å². The number of benzene rings is 1. The van der Waals surface area contributed by atoms with E-state index >= 15 is 0 Å². The Morgan fingerprint density at radius 3 is 2.35 bits per heavy atom. The van der Waals surface area contributed by atoms with Gasteiger partial charge in [-0.15, -0.1) is 0 Å². The van der Waals surface area contributed by atoms with E-state index in [4.69, 9.17) is 0 Å². The van der Waals surface area contributed by atoms with E-state index in [9.17, 15) is 4.79 Å². The Kier molecular flexibility index (Phi) is 5.71. The van der Waals surface area contributed by atoms with Crippen molar-refractivity contribution in [2.45, 2.75) is 64.5 Å². The van der Waals surface area contributed by atoms with Gasteiger partial charge in [0.05, 0.1) is 0 Å². The summed E-state index contributed by atoms with van der Waals surface area (Å²) >= 11 is 0. The summed E-state index contributed by atoms with van der Waals surface area (Å²) in [6, 6.07) is 8.57. The third-order valence-electron chi connectivity index (χ3n) is 5.42. The van der Waals surface area contributed by atoms with E-state index in [1.54, 1.807) is 0 Å². The average Bonchev–Trinajstić information content (AvgIpc) is 2.58. The molecule has 1 saturated heterocycles. The lowest BCUT2D eigenvalue weighted by Gasteiger charge is -2.27. The minimum absolute atomic E-state index is 0.0917. The molecule has 1 aliphatic heterocycles. The SMILES string of the molecule is CC1CCC(NC(=O)c2ccc(CN3CCCCC3)cc2)CC1. The summed E-state index contributed by atoms with van der Waals surface area (Å²) in [5.74, 6) is 0.909. The van der Waals surface area contributed by atoms with Crippen LogP contribution in [0.5, 0.6) is 0 Å². The maximum atomic E-state index is 12.4. The van der Waals surface area contributed by atoms with Crippen molar-refractivity contribution >= 4 is 5.91 Å². The number of amides is 1. The van der Waals surface area contributed by atoms with Crippen molar-refractivity contribution in [2.24, 2.45) is 5.92 Å². The van der Waals surface area contributed by atoms with Crippen molar-refractivity contribution in [1.82, 2.24) is 10.2 Å². The van der Waals surface area contributed by atoms with Gasteiger partial charge >= 0.3 is 0 Å². The van der Waals surface area contributed by atoms with Gasteiger partial charge in [-0.3, -0.25) is 9.69 Å². The molecule has 1 amide bonds. The van der Waals surface area contributed by atoms with E-state index in [0.29, 0.717) is 6.04 Å². The van der Waals surface area contributed by atoms with Gasteiger partial charge in [0, 0.05) is 18.2 Å². The Morgan fingerprint density at radius 1 is 1.04 bits per heavy atom. The fourth-order valence-corrected chi connectivity index (χ4v) is 3.81. The maximum Gasteiger partial charge on any atom is 0.251 e. The first-order valence-corrected chi connectivity index (χ1v) is 9.33. The molecule has 0 radical (unpaired) electrons. The third-order valence-corrected chi connectivity index (χ3v) is 5.42. The molecule has 1 heterocycles. The number of carbonyl (C=O) groups is 1. The number of likely N-dealkylation sites (tertiary alicyclic amines) is 1. The van der Waals surface area contributed by atoms with Crippen molar-refractivity contribution in [3.8, 4) is 0 Å². The molecular weight excluding hydrogens is 284 g/mol. The van der Waals surface area contributed by atoms with Crippen LogP contribution < -0.4 is 5.32 Å². The topological polar surface area (TPSA) is 32.3 Å². The van der Waals surface area contributed by atoms with Crippen molar-refractivity contribution in [3.05, 3.63) is 35.4 Å². The largest absolute Gasteiger partial charge is 0.349 e. The molecule has 1 N–H and O–H groups in total. The van der Waals surface area contributed by atoms with E-state index in [1.807, 2.05) is 12.1 Å². The van der Waals surface area contributed by atoms with Gasteiger partial charge in [0.1, 0.15) is 0 Å². The predicted molar refractivity (Wildman–Crippen MR) is 94.5 cm³/mol. The first kappa shape index (κ1) is 16.5. The molecule has 2 fully saturated rings. The molecule has 126 valence electrons. The molecule has 1 saturated carbocycles. The summed E-state index contributed by atoms with van der Waals surface area (Å²) in [6.45, 7) is 5.74. The van der Waals surface area contributed by atoms with Gasteiger partial charge < -0.3 is 5.32 Å². The monoisotopic (exact) mass is 314 g/mol. The standard InChI is InChI=1S/C20H30N2O/c1-16-5-11-19(12-6-16)21-20(23)18-9-7-17(8-10-18)15-22-13-3-2-4-14-22/h7-10,16,19H,2-6,11-15H2,1H3,(H,21,23). The molecule has 3 heteroatoms. The molecule has 0 aromatic heterocycles. The second kappa shape index (κ2) is 7.96. The zero-order valence-electron chi connectivity index (χ0n) is 14.4. The van der Waals surface area contributed by atoms with Crippen LogP contribution in [0.1, 0.15) is 67.8 Å². The summed E-state index contributed by atoms with van der Waals surface area (Å²) in [5.41, 5.74) is 2.11. The zero-order valence-corrected chi connectivity index (χ0v) is 14.4. The molecule has 0 unspecified atom stereocenters. The van der Waals surface area contributed by atoms with E-state index in [1.165, 1.54) is 50.8 Å². The number of rotatable bonds is 4. The Morgan fingerprint density at radius 2 is 1.70 bits per heavy atom. The highest BCUT2D eigenvalue weighted by Gasteiger charge is 2.20. The second-order valence-electron chi connectivity index (χ2n) is 7.46.